The van der Waals surface area contributed by atoms with Crippen LogP contribution in [-0.2, 0) is 4.79 Å². The van der Waals surface area contributed by atoms with Crippen LogP contribution in [0, 0.1) is 17.3 Å². The second-order valence-corrected chi connectivity index (χ2v) is 9.05. The molecule has 3 aliphatic rings. The molecule has 3 fully saturated rings. The van der Waals surface area contributed by atoms with Crippen LogP contribution in [0.4, 0.5) is 4.79 Å². The van der Waals surface area contributed by atoms with Gasteiger partial charge in [-0.15, -0.1) is 0 Å². The lowest BCUT2D eigenvalue weighted by Gasteiger charge is -2.40. The molecule has 3 amide bonds. The van der Waals surface area contributed by atoms with Gasteiger partial charge in [0.05, 0.1) is 0 Å². The highest BCUT2D eigenvalue weighted by atomic mass is 16.2. The van der Waals surface area contributed by atoms with E-state index in [1.165, 1.54) is 6.42 Å². The number of nitrogens with zero attached hydrogens (tertiary/aromatic N) is 2. The lowest BCUT2D eigenvalue weighted by atomic mass is 9.77. The molecular weight excluding hydrogens is 328 g/mol. The van der Waals surface area contributed by atoms with E-state index in [2.05, 4.69) is 29.4 Å². The van der Waals surface area contributed by atoms with Crippen LogP contribution in [0.5, 0.6) is 0 Å². The maximum atomic E-state index is 12.8. The fourth-order valence-electron chi connectivity index (χ4n) is 4.65. The maximum absolute atomic E-state index is 12.8. The Morgan fingerprint density at radius 1 is 1.15 bits per heavy atom. The van der Waals surface area contributed by atoms with Crippen molar-refractivity contribution < 1.29 is 9.59 Å². The number of urea groups is 1. The number of hydrogen-bond donors (Lipinski definition) is 2. The number of rotatable bonds is 4. The Balaban J connectivity index is 1.43. The molecule has 0 radical (unpaired) electrons. The Morgan fingerprint density at radius 2 is 1.92 bits per heavy atom. The highest BCUT2D eigenvalue weighted by Crippen LogP contribution is 2.37. The molecule has 2 N–H and O–H groups in total. The highest BCUT2D eigenvalue weighted by molar-refractivity contribution is 5.77. The van der Waals surface area contributed by atoms with E-state index >= 15 is 0 Å². The smallest absolute Gasteiger partial charge is 0.317 e. The second-order valence-electron chi connectivity index (χ2n) is 9.05. The minimum absolute atomic E-state index is 0.0319. The number of carbonyl (C=O) groups is 2. The van der Waals surface area contributed by atoms with Gasteiger partial charge < -0.3 is 20.4 Å². The van der Waals surface area contributed by atoms with Crippen LogP contribution in [-0.4, -0.2) is 67.6 Å². The van der Waals surface area contributed by atoms with Crippen LogP contribution in [0.25, 0.3) is 0 Å². The summed E-state index contributed by atoms with van der Waals surface area (Å²) < 4.78 is 0. The average molecular weight is 365 g/mol. The van der Waals surface area contributed by atoms with E-state index in [0.717, 1.165) is 65.0 Å². The topological polar surface area (TPSA) is 64.7 Å². The third-order valence-corrected chi connectivity index (χ3v) is 6.44. The van der Waals surface area contributed by atoms with Crippen molar-refractivity contribution in [1.82, 2.24) is 20.4 Å². The molecule has 1 unspecified atom stereocenters. The summed E-state index contributed by atoms with van der Waals surface area (Å²) in [6, 6.07) is 0.0319. The quantitative estimate of drug-likeness (QED) is 0.802. The van der Waals surface area contributed by atoms with Crippen LogP contribution in [0.3, 0.4) is 0 Å². The first-order valence-corrected chi connectivity index (χ1v) is 10.5. The van der Waals surface area contributed by atoms with Gasteiger partial charge in [-0.05, 0) is 55.9 Å². The Bertz CT molecular complexity index is 492. The number of nitrogens with one attached hydrogen (secondary N) is 2. The van der Waals surface area contributed by atoms with E-state index in [0.29, 0.717) is 36.1 Å². The number of hydrogen-bond acceptors (Lipinski definition) is 3. The first-order chi connectivity index (χ1) is 12.5. The largest absolute Gasteiger partial charge is 0.343 e. The fraction of sp³-hybridized carbons (Fsp3) is 0.900. The summed E-state index contributed by atoms with van der Waals surface area (Å²) in [4.78, 5) is 29.0. The molecule has 3 saturated heterocycles. The second kappa shape index (κ2) is 8.59. The molecule has 0 saturated carbocycles. The van der Waals surface area contributed by atoms with Crippen LogP contribution in [0.1, 0.15) is 52.4 Å². The van der Waals surface area contributed by atoms with Crippen molar-refractivity contribution in [3.63, 3.8) is 0 Å². The fourth-order valence-corrected chi connectivity index (χ4v) is 4.65. The van der Waals surface area contributed by atoms with Gasteiger partial charge in [0.2, 0.25) is 5.91 Å². The van der Waals surface area contributed by atoms with E-state index < -0.39 is 0 Å². The minimum atomic E-state index is 0.0319. The van der Waals surface area contributed by atoms with E-state index in [-0.39, 0.29) is 6.03 Å². The Labute approximate surface area is 158 Å². The van der Waals surface area contributed by atoms with Crippen LogP contribution >= 0.6 is 0 Å². The number of piperidine rings is 2. The van der Waals surface area contributed by atoms with Gasteiger partial charge >= 0.3 is 6.03 Å². The molecule has 1 spiro atoms. The van der Waals surface area contributed by atoms with Crippen molar-refractivity contribution >= 4 is 11.9 Å². The molecule has 148 valence electrons. The summed E-state index contributed by atoms with van der Waals surface area (Å²) in [5, 5.41) is 6.48. The zero-order valence-electron chi connectivity index (χ0n) is 16.6. The Kier molecular flexibility index (Phi) is 6.43. The van der Waals surface area contributed by atoms with Crippen molar-refractivity contribution in [3.05, 3.63) is 0 Å². The van der Waals surface area contributed by atoms with Crippen LogP contribution < -0.4 is 10.6 Å². The molecule has 6 heteroatoms. The number of carbonyl (C=O) groups excluding carboxylic acids is 2. The van der Waals surface area contributed by atoms with Crippen LogP contribution in [0.2, 0.25) is 0 Å². The van der Waals surface area contributed by atoms with Crippen molar-refractivity contribution in [2.45, 2.75) is 52.4 Å². The molecule has 3 aliphatic heterocycles. The zero-order chi connectivity index (χ0) is 18.6. The molecule has 0 aromatic carbocycles. The van der Waals surface area contributed by atoms with Gasteiger partial charge in [-0.25, -0.2) is 4.79 Å². The molecule has 0 bridgehead atoms. The van der Waals surface area contributed by atoms with Gasteiger partial charge in [0, 0.05) is 45.7 Å². The molecule has 1 atom stereocenters. The average Bonchev–Trinajstić information content (AvgIpc) is 3.08. The Morgan fingerprint density at radius 3 is 2.58 bits per heavy atom. The predicted octanol–water partition coefficient (Wildman–Crippen LogP) is 2.06. The summed E-state index contributed by atoms with van der Waals surface area (Å²) >= 11 is 0. The predicted molar refractivity (Wildman–Crippen MR) is 103 cm³/mol. The van der Waals surface area contributed by atoms with Gasteiger partial charge in [0.25, 0.3) is 0 Å². The molecular formula is C20H36N4O2. The zero-order valence-corrected chi connectivity index (χ0v) is 16.6. The van der Waals surface area contributed by atoms with Crippen LogP contribution in [0.15, 0.2) is 0 Å². The van der Waals surface area contributed by atoms with Gasteiger partial charge in [-0.2, -0.15) is 0 Å². The molecule has 3 heterocycles. The summed E-state index contributed by atoms with van der Waals surface area (Å²) in [6.45, 7) is 10.5. The first kappa shape index (κ1) is 19.5. The highest BCUT2D eigenvalue weighted by Gasteiger charge is 2.38. The minimum Gasteiger partial charge on any atom is -0.343 e. The standard InChI is InChI=1S/C20H36N4O2/c1-16(2)13-22-19(26)24-9-3-4-17(14-24)12-18(25)23-10-6-20(7-11-23)5-8-21-15-20/h16-17,21H,3-15H2,1-2H3,(H,22,26). The normalized spacial score (nSPS) is 25.7. The van der Waals surface area contributed by atoms with Gasteiger partial charge in [-0.3, -0.25) is 4.79 Å². The summed E-state index contributed by atoms with van der Waals surface area (Å²) in [5.41, 5.74) is 0.451. The van der Waals surface area contributed by atoms with Gasteiger partial charge in [0.1, 0.15) is 0 Å². The summed E-state index contributed by atoms with van der Waals surface area (Å²) in [6.07, 6.45) is 6.20. The molecule has 3 rings (SSSR count). The van der Waals surface area contributed by atoms with Crippen molar-refractivity contribution in [2.75, 3.05) is 45.8 Å². The maximum Gasteiger partial charge on any atom is 0.317 e. The van der Waals surface area contributed by atoms with E-state index in [9.17, 15) is 9.59 Å². The summed E-state index contributed by atoms with van der Waals surface area (Å²) in [5.74, 6) is 1.06. The monoisotopic (exact) mass is 364 g/mol. The molecule has 0 aromatic heterocycles. The molecule has 6 nitrogen and oxygen atoms in total. The summed E-state index contributed by atoms with van der Waals surface area (Å²) in [7, 11) is 0. The van der Waals surface area contributed by atoms with Crippen molar-refractivity contribution in [2.24, 2.45) is 17.3 Å². The first-order valence-electron chi connectivity index (χ1n) is 10.5. The van der Waals surface area contributed by atoms with E-state index in [1.807, 2.05) is 4.90 Å². The van der Waals surface area contributed by atoms with E-state index in [4.69, 9.17) is 0 Å². The third kappa shape index (κ3) is 4.90. The Hall–Kier alpha value is -1.30. The van der Waals surface area contributed by atoms with Crippen molar-refractivity contribution in [3.8, 4) is 0 Å². The number of likely N-dealkylation sites (tertiary alicyclic amines) is 2. The third-order valence-electron chi connectivity index (χ3n) is 6.44. The molecule has 0 aromatic rings. The van der Waals surface area contributed by atoms with Crippen molar-refractivity contribution in [1.29, 1.82) is 0 Å². The lowest BCUT2D eigenvalue weighted by Crippen LogP contribution is -2.48. The molecule has 0 aliphatic carbocycles. The van der Waals surface area contributed by atoms with Gasteiger partial charge in [0.15, 0.2) is 0 Å². The number of amides is 3. The lowest BCUT2D eigenvalue weighted by molar-refractivity contribution is -0.134. The SMILES string of the molecule is CC(C)CNC(=O)N1CCCC(CC(=O)N2CCC3(CCNC3)CC2)C1. The van der Waals surface area contributed by atoms with Gasteiger partial charge in [-0.1, -0.05) is 13.8 Å². The molecule has 26 heavy (non-hydrogen) atoms. The van der Waals surface area contributed by atoms with E-state index in [1.54, 1.807) is 0 Å².